The molecule has 2 aromatic heterocycles. The summed E-state index contributed by atoms with van der Waals surface area (Å²) >= 11 is 1.67. The minimum absolute atomic E-state index is 0.0621. The Balaban J connectivity index is 2.10. The van der Waals surface area contributed by atoms with Gasteiger partial charge in [-0.25, -0.2) is 4.98 Å². The van der Waals surface area contributed by atoms with Crippen molar-refractivity contribution in [3.05, 3.63) is 46.3 Å². The van der Waals surface area contributed by atoms with Gasteiger partial charge in [-0.2, -0.15) is 0 Å². The van der Waals surface area contributed by atoms with Crippen LogP contribution in [0.3, 0.4) is 0 Å². The summed E-state index contributed by atoms with van der Waals surface area (Å²) in [6.07, 6.45) is 1.95. The van der Waals surface area contributed by atoms with Crippen molar-refractivity contribution in [1.82, 2.24) is 10.3 Å². The fraction of sp³-hybridized carbons (Fsp3) is 0.375. The molecular formula is C16H21N3OS. The lowest BCUT2D eigenvalue weighted by Gasteiger charge is -2.16. The van der Waals surface area contributed by atoms with Crippen LogP contribution in [0.1, 0.15) is 48.1 Å². The summed E-state index contributed by atoms with van der Waals surface area (Å²) in [5.74, 6) is 0.606. The zero-order chi connectivity index (χ0) is 15.1. The van der Waals surface area contributed by atoms with Crippen molar-refractivity contribution in [2.24, 2.45) is 0 Å². The normalized spacial score (nSPS) is 11.9. The minimum Gasteiger partial charge on any atom is -0.370 e. The molecule has 1 amide bonds. The van der Waals surface area contributed by atoms with Gasteiger partial charge >= 0.3 is 0 Å². The summed E-state index contributed by atoms with van der Waals surface area (Å²) in [6.45, 7) is 4.91. The zero-order valence-electron chi connectivity index (χ0n) is 12.4. The van der Waals surface area contributed by atoms with Gasteiger partial charge in [0.15, 0.2) is 0 Å². The van der Waals surface area contributed by atoms with Gasteiger partial charge in [0, 0.05) is 11.4 Å². The van der Waals surface area contributed by atoms with E-state index >= 15 is 0 Å². The van der Waals surface area contributed by atoms with Crippen LogP contribution in [0, 0.1) is 0 Å². The lowest BCUT2D eigenvalue weighted by Crippen LogP contribution is -2.28. The van der Waals surface area contributed by atoms with Gasteiger partial charge in [-0.05, 0) is 36.9 Å². The van der Waals surface area contributed by atoms with Gasteiger partial charge in [-0.3, -0.25) is 4.79 Å². The van der Waals surface area contributed by atoms with Gasteiger partial charge in [-0.15, -0.1) is 11.3 Å². The molecule has 0 aliphatic rings. The molecule has 0 aliphatic heterocycles. The van der Waals surface area contributed by atoms with Crippen molar-refractivity contribution in [1.29, 1.82) is 0 Å². The predicted molar refractivity (Wildman–Crippen MR) is 87.8 cm³/mol. The van der Waals surface area contributed by atoms with E-state index in [4.69, 9.17) is 0 Å². The summed E-state index contributed by atoms with van der Waals surface area (Å²) < 4.78 is 0. The molecule has 0 aromatic carbocycles. The molecule has 2 N–H and O–H groups in total. The molecule has 0 saturated heterocycles. The second-order valence-corrected chi connectivity index (χ2v) is 5.75. The van der Waals surface area contributed by atoms with Gasteiger partial charge in [0.25, 0.3) is 5.91 Å². The van der Waals surface area contributed by atoms with Crippen LogP contribution >= 0.6 is 11.3 Å². The minimum atomic E-state index is -0.124. The third-order valence-electron chi connectivity index (χ3n) is 3.11. The molecule has 2 rings (SSSR count). The van der Waals surface area contributed by atoms with E-state index < -0.39 is 0 Å². The molecule has 2 heterocycles. The first-order valence-electron chi connectivity index (χ1n) is 7.29. The second kappa shape index (κ2) is 7.78. The Morgan fingerprint density at radius 2 is 2.14 bits per heavy atom. The van der Waals surface area contributed by atoms with Crippen molar-refractivity contribution in [3.63, 3.8) is 0 Å². The van der Waals surface area contributed by atoms with Gasteiger partial charge in [0.05, 0.1) is 6.04 Å². The topological polar surface area (TPSA) is 54.0 Å². The van der Waals surface area contributed by atoms with E-state index in [0.717, 1.165) is 25.2 Å². The Morgan fingerprint density at radius 3 is 2.81 bits per heavy atom. The van der Waals surface area contributed by atoms with Crippen molar-refractivity contribution >= 4 is 23.1 Å². The standard InChI is InChI=1S/C16H21N3OS/c1-3-7-12(14-9-6-11-21-14)19-16(20)13-8-5-10-15(18-13)17-4-2/h5-6,8-12H,3-4,7H2,1-2H3,(H,17,18)(H,19,20). The smallest absolute Gasteiger partial charge is 0.270 e. The Hall–Kier alpha value is -1.88. The number of hydrogen-bond acceptors (Lipinski definition) is 4. The first kappa shape index (κ1) is 15.5. The molecule has 1 unspecified atom stereocenters. The maximum atomic E-state index is 12.4. The summed E-state index contributed by atoms with van der Waals surface area (Å²) in [5, 5.41) is 8.24. The number of carbonyl (C=O) groups is 1. The van der Waals surface area contributed by atoms with E-state index in [0.29, 0.717) is 5.69 Å². The first-order chi connectivity index (χ1) is 10.2. The summed E-state index contributed by atoms with van der Waals surface area (Å²) in [4.78, 5) is 17.9. The quantitative estimate of drug-likeness (QED) is 0.817. The van der Waals surface area contributed by atoms with Crippen molar-refractivity contribution < 1.29 is 4.79 Å². The van der Waals surface area contributed by atoms with E-state index in [9.17, 15) is 4.79 Å². The van der Waals surface area contributed by atoms with E-state index in [1.54, 1.807) is 17.4 Å². The van der Waals surface area contributed by atoms with Crippen LogP contribution in [0.15, 0.2) is 35.7 Å². The van der Waals surface area contributed by atoms with Crippen LogP contribution in [0.4, 0.5) is 5.82 Å². The maximum Gasteiger partial charge on any atom is 0.270 e. The molecule has 4 nitrogen and oxygen atoms in total. The van der Waals surface area contributed by atoms with Crippen molar-refractivity contribution in [3.8, 4) is 0 Å². The Morgan fingerprint density at radius 1 is 1.29 bits per heavy atom. The summed E-state index contributed by atoms with van der Waals surface area (Å²) in [7, 11) is 0. The highest BCUT2D eigenvalue weighted by Crippen LogP contribution is 2.23. The fourth-order valence-electron chi connectivity index (χ4n) is 2.14. The number of amides is 1. The number of carbonyl (C=O) groups excluding carboxylic acids is 1. The largest absolute Gasteiger partial charge is 0.370 e. The number of rotatable bonds is 7. The van der Waals surface area contributed by atoms with Crippen LogP contribution in [-0.2, 0) is 0 Å². The number of hydrogen-bond donors (Lipinski definition) is 2. The highest BCUT2D eigenvalue weighted by atomic mass is 32.1. The average Bonchev–Trinajstić information content (AvgIpc) is 3.01. The molecule has 21 heavy (non-hydrogen) atoms. The molecular weight excluding hydrogens is 282 g/mol. The highest BCUT2D eigenvalue weighted by molar-refractivity contribution is 7.10. The van der Waals surface area contributed by atoms with Crippen LogP contribution in [-0.4, -0.2) is 17.4 Å². The molecule has 0 spiro atoms. The predicted octanol–water partition coefficient (Wildman–Crippen LogP) is 3.85. The molecule has 112 valence electrons. The molecule has 5 heteroatoms. The third kappa shape index (κ3) is 4.29. The Kier molecular flexibility index (Phi) is 5.75. The zero-order valence-corrected chi connectivity index (χ0v) is 13.2. The number of nitrogens with zero attached hydrogens (tertiary/aromatic N) is 1. The molecule has 1 atom stereocenters. The van der Waals surface area contributed by atoms with Crippen LogP contribution in [0.5, 0.6) is 0 Å². The fourth-order valence-corrected chi connectivity index (χ4v) is 2.95. The monoisotopic (exact) mass is 303 g/mol. The number of anilines is 1. The van der Waals surface area contributed by atoms with E-state index in [2.05, 4.69) is 28.6 Å². The Labute approximate surface area is 129 Å². The molecule has 0 radical (unpaired) electrons. The van der Waals surface area contributed by atoms with Crippen LogP contribution < -0.4 is 10.6 Å². The summed E-state index contributed by atoms with van der Waals surface area (Å²) in [6, 6.07) is 9.59. The summed E-state index contributed by atoms with van der Waals surface area (Å²) in [5.41, 5.74) is 0.450. The van der Waals surface area contributed by atoms with Crippen molar-refractivity contribution in [2.45, 2.75) is 32.7 Å². The molecule has 0 saturated carbocycles. The lowest BCUT2D eigenvalue weighted by atomic mass is 10.1. The third-order valence-corrected chi connectivity index (χ3v) is 4.09. The second-order valence-electron chi connectivity index (χ2n) is 4.77. The van der Waals surface area contributed by atoms with Gasteiger partial charge in [-0.1, -0.05) is 25.5 Å². The number of aromatic nitrogens is 1. The number of thiophene rings is 1. The van der Waals surface area contributed by atoms with Gasteiger partial charge in [0.2, 0.25) is 0 Å². The highest BCUT2D eigenvalue weighted by Gasteiger charge is 2.16. The molecule has 0 bridgehead atoms. The van der Waals surface area contributed by atoms with E-state index in [1.165, 1.54) is 4.88 Å². The molecule has 2 aromatic rings. The number of nitrogens with one attached hydrogen (secondary N) is 2. The van der Waals surface area contributed by atoms with Crippen LogP contribution in [0.25, 0.3) is 0 Å². The molecule has 0 fully saturated rings. The van der Waals surface area contributed by atoms with E-state index in [1.807, 2.05) is 30.5 Å². The Bertz CT molecular complexity index is 569. The first-order valence-corrected chi connectivity index (χ1v) is 8.17. The van der Waals surface area contributed by atoms with Crippen molar-refractivity contribution in [2.75, 3.05) is 11.9 Å². The van der Waals surface area contributed by atoms with Gasteiger partial charge in [0.1, 0.15) is 11.5 Å². The lowest BCUT2D eigenvalue weighted by molar-refractivity contribution is 0.0930. The SMILES string of the molecule is CCCC(NC(=O)c1cccc(NCC)n1)c1cccs1. The number of pyridine rings is 1. The molecule has 0 aliphatic carbocycles. The van der Waals surface area contributed by atoms with Crippen LogP contribution in [0.2, 0.25) is 0 Å². The van der Waals surface area contributed by atoms with E-state index in [-0.39, 0.29) is 11.9 Å². The maximum absolute atomic E-state index is 12.4. The average molecular weight is 303 g/mol. The van der Waals surface area contributed by atoms with Gasteiger partial charge < -0.3 is 10.6 Å².